The molecule has 1 aromatic carbocycles. The lowest BCUT2D eigenvalue weighted by molar-refractivity contribution is -0.136. The van der Waals surface area contributed by atoms with E-state index < -0.39 is 53.9 Å². The Bertz CT molecular complexity index is 1400. The lowest BCUT2D eigenvalue weighted by Crippen LogP contribution is -2.61. The molecule has 13 heteroatoms. The second-order valence-corrected chi connectivity index (χ2v) is 13.5. The van der Waals surface area contributed by atoms with Gasteiger partial charge in [-0.25, -0.2) is 4.79 Å². The Balaban J connectivity index is 2.13. The molecular weight excluding hydrogens is 628 g/mol. The maximum absolute atomic E-state index is 13.7. The van der Waals surface area contributed by atoms with Gasteiger partial charge in [0, 0.05) is 11.8 Å². The van der Waals surface area contributed by atoms with Crippen LogP contribution in [0.3, 0.4) is 0 Å². The predicted molar refractivity (Wildman–Crippen MR) is 185 cm³/mol. The molecule has 5 N–H and O–H groups in total. The third kappa shape index (κ3) is 12.6. The second-order valence-electron chi connectivity index (χ2n) is 13.5. The summed E-state index contributed by atoms with van der Waals surface area (Å²) >= 11 is 0. The molecule has 1 aliphatic rings. The molecule has 1 aliphatic heterocycles. The van der Waals surface area contributed by atoms with E-state index in [0.717, 1.165) is 5.56 Å². The molecule has 4 atom stereocenters. The molecule has 49 heavy (non-hydrogen) atoms. The number of benzene rings is 1. The van der Waals surface area contributed by atoms with E-state index in [1.807, 2.05) is 44.2 Å². The Morgan fingerprint density at radius 2 is 1.20 bits per heavy atom. The zero-order valence-corrected chi connectivity index (χ0v) is 29.8. The third-order valence-electron chi connectivity index (χ3n) is 7.90. The molecule has 0 aliphatic carbocycles. The summed E-state index contributed by atoms with van der Waals surface area (Å²) in [5, 5.41) is 14.0. The molecule has 0 fully saturated rings. The van der Waals surface area contributed by atoms with E-state index >= 15 is 0 Å². The van der Waals surface area contributed by atoms with Gasteiger partial charge in [-0.2, -0.15) is 0 Å². The Morgan fingerprint density at radius 1 is 0.735 bits per heavy atom. The number of hydrogen-bond donors (Lipinski definition) is 5. The Labute approximate surface area is 289 Å². The zero-order chi connectivity index (χ0) is 36.8. The summed E-state index contributed by atoms with van der Waals surface area (Å²) in [6.07, 6.45) is 5.94. The van der Waals surface area contributed by atoms with Gasteiger partial charge in [-0.05, 0) is 29.2 Å². The predicted octanol–water partition coefficient (Wildman–Crippen LogP) is 1.88. The van der Waals surface area contributed by atoms with Crippen molar-refractivity contribution in [2.24, 2.45) is 23.7 Å². The molecule has 0 bridgehead atoms. The minimum absolute atomic E-state index is 0.0113. The van der Waals surface area contributed by atoms with Gasteiger partial charge in [0.2, 0.25) is 23.6 Å². The van der Waals surface area contributed by atoms with Crippen molar-refractivity contribution in [3.05, 3.63) is 47.7 Å². The number of ether oxygens (including phenoxy) is 1. The van der Waals surface area contributed by atoms with Crippen LogP contribution in [0.25, 0.3) is 0 Å². The van der Waals surface area contributed by atoms with Crippen LogP contribution >= 0.6 is 0 Å². The fourth-order valence-corrected chi connectivity index (χ4v) is 5.08. The molecule has 13 nitrogen and oxygen atoms in total. The quantitative estimate of drug-likeness (QED) is 0.165. The number of carbonyl (C=O) groups is 6. The highest BCUT2D eigenvalue weighted by atomic mass is 16.6. The molecule has 268 valence electrons. The minimum atomic E-state index is -1.02. The van der Waals surface area contributed by atoms with E-state index in [1.54, 1.807) is 41.5 Å². The molecule has 5 amide bonds. The minimum Gasteiger partial charge on any atom is -0.445 e. The fraction of sp³-hybridized carbons (Fsp3) is 0.556. The highest BCUT2D eigenvalue weighted by molar-refractivity contribution is 5.96. The number of carbonyl (C=O) groups excluding carboxylic acids is 6. The van der Waals surface area contributed by atoms with E-state index in [4.69, 9.17) is 11.2 Å². The molecule has 0 radical (unpaired) electrons. The van der Waals surface area contributed by atoms with Crippen LogP contribution in [-0.4, -0.2) is 84.2 Å². The van der Waals surface area contributed by atoms with Gasteiger partial charge in [-0.3, -0.25) is 28.9 Å². The highest BCUT2D eigenvalue weighted by Gasteiger charge is 2.35. The van der Waals surface area contributed by atoms with E-state index in [0.29, 0.717) is 5.70 Å². The van der Waals surface area contributed by atoms with Crippen LogP contribution in [0.2, 0.25) is 0 Å². The number of rotatable bonds is 16. The molecule has 1 aromatic rings. The number of nitrogens with one attached hydrogen (secondary N) is 5. The SMILES string of the molecule is C#CCNC(=O)[C@@H](NC(=O)[C@@H](NC(=O)[C@@H](NC(=O)[C@@H](NC1=CC(=O)CN(C(=O)OCc2ccccc2)C1)C(C)C)C(C)C)C(C)C)C(C)C. The number of hydrogen-bond acceptors (Lipinski definition) is 8. The van der Waals surface area contributed by atoms with Crippen LogP contribution in [0.5, 0.6) is 0 Å². The molecule has 0 aromatic heterocycles. The maximum Gasteiger partial charge on any atom is 0.410 e. The first-order valence-electron chi connectivity index (χ1n) is 16.6. The second kappa shape index (κ2) is 19.2. The van der Waals surface area contributed by atoms with Gasteiger partial charge in [0.25, 0.3) is 0 Å². The van der Waals surface area contributed by atoms with Gasteiger partial charge in [-0.15, -0.1) is 6.42 Å². The molecule has 1 heterocycles. The van der Waals surface area contributed by atoms with Crippen molar-refractivity contribution in [3.63, 3.8) is 0 Å². The average Bonchev–Trinajstić information content (AvgIpc) is 3.04. The van der Waals surface area contributed by atoms with Gasteiger partial charge >= 0.3 is 6.09 Å². The topological polar surface area (TPSA) is 175 Å². The summed E-state index contributed by atoms with van der Waals surface area (Å²) in [6.45, 7) is 14.1. The number of ketones is 1. The molecular formula is C36H52N6O7. The fourth-order valence-electron chi connectivity index (χ4n) is 5.08. The molecule has 2 rings (SSSR count). The van der Waals surface area contributed by atoms with Crippen LogP contribution in [0.15, 0.2) is 42.1 Å². The van der Waals surface area contributed by atoms with Crippen LogP contribution in [-0.2, 0) is 35.3 Å². The summed E-state index contributed by atoms with van der Waals surface area (Å²) < 4.78 is 5.40. The van der Waals surface area contributed by atoms with Crippen molar-refractivity contribution < 1.29 is 33.5 Å². The van der Waals surface area contributed by atoms with E-state index in [9.17, 15) is 28.8 Å². The Kier molecular flexibility index (Phi) is 15.8. The number of terminal acetylenes is 1. The Hall–Kier alpha value is -4.86. The maximum atomic E-state index is 13.7. The van der Waals surface area contributed by atoms with E-state index in [2.05, 4.69) is 32.5 Å². The summed E-state index contributed by atoms with van der Waals surface area (Å²) in [6, 6.07) is 5.39. The van der Waals surface area contributed by atoms with Crippen LogP contribution in [0.4, 0.5) is 4.79 Å². The molecule has 0 unspecified atom stereocenters. The Morgan fingerprint density at radius 3 is 1.67 bits per heavy atom. The van der Waals surface area contributed by atoms with Crippen LogP contribution in [0, 0.1) is 36.0 Å². The lowest BCUT2D eigenvalue weighted by atomic mass is 9.97. The standard InChI is InChI=1S/C36H52N6O7/c1-10-16-37-32(44)28(21(2)3)39-34(46)30(23(6)7)41-35(47)31(24(8)9)40-33(45)29(22(4)5)38-26-17-27(43)19-42(18-26)36(48)49-20-25-14-12-11-13-15-25/h1,11-15,17,21-24,28-31,38H,16,18-20H2,2-9H3,(H,37,44)(H,39,46)(H,40,45)(H,41,47)/t28-,29-,30-,31-/m0/s1. The van der Waals surface area contributed by atoms with E-state index in [1.165, 1.54) is 11.0 Å². The van der Waals surface area contributed by atoms with Gasteiger partial charge < -0.3 is 31.3 Å². The first-order chi connectivity index (χ1) is 23.0. The van der Waals surface area contributed by atoms with Crippen LogP contribution in [0.1, 0.15) is 61.0 Å². The monoisotopic (exact) mass is 680 g/mol. The van der Waals surface area contributed by atoms with Gasteiger partial charge in [0.05, 0.1) is 19.6 Å². The van der Waals surface area contributed by atoms with Gasteiger partial charge in [0.15, 0.2) is 5.78 Å². The summed E-state index contributed by atoms with van der Waals surface area (Å²) in [4.78, 5) is 79.8. The summed E-state index contributed by atoms with van der Waals surface area (Å²) in [7, 11) is 0. The number of nitrogens with zero attached hydrogens (tertiary/aromatic N) is 1. The summed E-state index contributed by atoms with van der Waals surface area (Å²) in [5.74, 6) is -1.31. The first kappa shape index (κ1) is 40.3. The number of amides is 5. The van der Waals surface area contributed by atoms with Crippen molar-refractivity contribution in [3.8, 4) is 12.3 Å². The largest absolute Gasteiger partial charge is 0.445 e. The average molecular weight is 681 g/mol. The normalized spacial score (nSPS) is 15.4. The van der Waals surface area contributed by atoms with Crippen molar-refractivity contribution in [2.75, 3.05) is 19.6 Å². The zero-order valence-electron chi connectivity index (χ0n) is 29.8. The van der Waals surface area contributed by atoms with Crippen molar-refractivity contribution >= 4 is 35.5 Å². The molecule has 0 saturated heterocycles. The van der Waals surface area contributed by atoms with Gasteiger partial charge in [-0.1, -0.05) is 91.6 Å². The van der Waals surface area contributed by atoms with Crippen molar-refractivity contribution in [1.82, 2.24) is 31.5 Å². The smallest absolute Gasteiger partial charge is 0.410 e. The third-order valence-corrected chi connectivity index (χ3v) is 7.90. The first-order valence-corrected chi connectivity index (χ1v) is 16.6. The molecule has 0 saturated carbocycles. The van der Waals surface area contributed by atoms with Crippen molar-refractivity contribution in [2.45, 2.75) is 86.2 Å². The molecule has 0 spiro atoms. The van der Waals surface area contributed by atoms with Gasteiger partial charge in [0.1, 0.15) is 30.8 Å². The van der Waals surface area contributed by atoms with Crippen molar-refractivity contribution in [1.29, 1.82) is 0 Å². The summed E-state index contributed by atoms with van der Waals surface area (Å²) in [5.41, 5.74) is 1.16. The highest BCUT2D eigenvalue weighted by Crippen LogP contribution is 2.14. The lowest BCUT2D eigenvalue weighted by Gasteiger charge is -2.32. The van der Waals surface area contributed by atoms with E-state index in [-0.39, 0.29) is 55.7 Å². The van der Waals surface area contributed by atoms with Crippen LogP contribution < -0.4 is 26.6 Å².